The molecule has 0 aliphatic rings. The van der Waals surface area contributed by atoms with E-state index in [-0.39, 0.29) is 13.0 Å². The van der Waals surface area contributed by atoms with Crippen molar-refractivity contribution in [3.05, 3.63) is 35.9 Å². The van der Waals surface area contributed by atoms with Crippen LogP contribution in [0.1, 0.15) is 64.9 Å². The standard InChI is InChI=1S/C29H38N2O12/c1-16(2)27(23(34)12-20(17(3)32)13-25(37)38)31-28(41)19(9-10-24(35)36)11-22(33)21(14-26(39)40)30-29(42)43-15-18-7-5-4-6-8-18/h4-8,16,19-21,27H,9-15H2,1-3H3,(H,30,42)(H,31,41)(H,35,36)(H,37,38)(H,39,40)/t19-,20+,21+,27+/m1/s1. The zero-order valence-electron chi connectivity index (χ0n) is 24.2. The zero-order chi connectivity index (χ0) is 32.7. The van der Waals surface area contributed by atoms with E-state index in [1.807, 2.05) is 0 Å². The van der Waals surface area contributed by atoms with Gasteiger partial charge in [-0.1, -0.05) is 44.2 Å². The van der Waals surface area contributed by atoms with E-state index in [9.17, 15) is 43.5 Å². The van der Waals surface area contributed by atoms with Crippen molar-refractivity contribution in [2.75, 3.05) is 0 Å². The predicted octanol–water partition coefficient (Wildman–Crippen LogP) is 1.98. The van der Waals surface area contributed by atoms with Crippen LogP contribution >= 0.6 is 0 Å². The minimum atomic E-state index is -1.60. The molecule has 0 heterocycles. The van der Waals surface area contributed by atoms with Gasteiger partial charge in [-0.2, -0.15) is 0 Å². The van der Waals surface area contributed by atoms with Gasteiger partial charge >= 0.3 is 24.0 Å². The highest BCUT2D eigenvalue weighted by Gasteiger charge is 2.34. The lowest BCUT2D eigenvalue weighted by Crippen LogP contribution is -2.49. The largest absolute Gasteiger partial charge is 0.481 e. The molecule has 0 bridgehead atoms. The molecule has 1 aromatic carbocycles. The molecule has 0 aromatic heterocycles. The molecule has 5 N–H and O–H groups in total. The Hall–Kier alpha value is -4.62. The van der Waals surface area contributed by atoms with Crippen molar-refractivity contribution in [3.63, 3.8) is 0 Å². The molecule has 14 heteroatoms. The molecule has 0 saturated heterocycles. The van der Waals surface area contributed by atoms with Crippen molar-refractivity contribution in [2.45, 2.75) is 78.0 Å². The van der Waals surface area contributed by atoms with Crippen LogP contribution in [0.2, 0.25) is 0 Å². The fraction of sp³-hybridized carbons (Fsp3) is 0.517. The van der Waals surface area contributed by atoms with Crippen LogP contribution in [0, 0.1) is 17.8 Å². The first-order chi connectivity index (χ1) is 20.1. The second-order valence-electron chi connectivity index (χ2n) is 10.5. The molecule has 0 radical (unpaired) electrons. The summed E-state index contributed by atoms with van der Waals surface area (Å²) in [6.45, 7) is 4.17. The number of amides is 2. The number of ketones is 3. The lowest BCUT2D eigenvalue weighted by Gasteiger charge is -2.26. The van der Waals surface area contributed by atoms with Gasteiger partial charge in [0.1, 0.15) is 18.4 Å². The highest BCUT2D eigenvalue weighted by Crippen LogP contribution is 2.19. The van der Waals surface area contributed by atoms with Gasteiger partial charge in [0.05, 0.1) is 18.9 Å². The van der Waals surface area contributed by atoms with Crippen LogP contribution < -0.4 is 10.6 Å². The van der Waals surface area contributed by atoms with Crippen molar-refractivity contribution in [3.8, 4) is 0 Å². The van der Waals surface area contributed by atoms with Crippen LogP contribution in [0.15, 0.2) is 30.3 Å². The zero-order valence-corrected chi connectivity index (χ0v) is 24.2. The lowest BCUT2D eigenvalue weighted by molar-refractivity contribution is -0.142. The summed E-state index contributed by atoms with van der Waals surface area (Å²) in [5.41, 5.74) is 0.635. The molecular formula is C29H38N2O12. The molecule has 14 nitrogen and oxygen atoms in total. The summed E-state index contributed by atoms with van der Waals surface area (Å²) in [5, 5.41) is 32.1. The maximum absolute atomic E-state index is 13.2. The maximum Gasteiger partial charge on any atom is 0.408 e. The Bertz CT molecular complexity index is 1180. The van der Waals surface area contributed by atoms with Crippen LogP contribution in [-0.2, 0) is 44.9 Å². The molecule has 2 amide bonds. The van der Waals surface area contributed by atoms with Gasteiger partial charge in [0, 0.05) is 31.1 Å². The average Bonchev–Trinajstić information content (AvgIpc) is 2.91. The Labute approximate surface area is 248 Å². The smallest absolute Gasteiger partial charge is 0.408 e. The minimum absolute atomic E-state index is 0.161. The minimum Gasteiger partial charge on any atom is -0.481 e. The van der Waals surface area contributed by atoms with Gasteiger partial charge in [-0.05, 0) is 24.8 Å². The van der Waals surface area contributed by atoms with E-state index in [0.717, 1.165) is 6.92 Å². The Kier molecular flexibility index (Phi) is 15.3. The van der Waals surface area contributed by atoms with Gasteiger partial charge in [0.15, 0.2) is 11.6 Å². The number of carboxylic acid groups (broad SMARTS) is 3. The van der Waals surface area contributed by atoms with E-state index in [2.05, 4.69) is 10.6 Å². The summed E-state index contributed by atoms with van der Waals surface area (Å²) < 4.78 is 5.05. The van der Waals surface area contributed by atoms with Crippen LogP contribution in [0.25, 0.3) is 0 Å². The van der Waals surface area contributed by atoms with Gasteiger partial charge in [0.25, 0.3) is 0 Å². The Morgan fingerprint density at radius 1 is 0.744 bits per heavy atom. The van der Waals surface area contributed by atoms with Crippen molar-refractivity contribution >= 4 is 47.3 Å². The highest BCUT2D eigenvalue weighted by atomic mass is 16.5. The van der Waals surface area contributed by atoms with Gasteiger partial charge < -0.3 is 30.7 Å². The Morgan fingerprint density at radius 2 is 1.33 bits per heavy atom. The van der Waals surface area contributed by atoms with E-state index in [1.54, 1.807) is 44.2 Å². The van der Waals surface area contributed by atoms with E-state index < -0.39 is 109 Å². The summed E-state index contributed by atoms with van der Waals surface area (Å²) in [6.07, 6.45) is -4.51. The lowest BCUT2D eigenvalue weighted by atomic mass is 9.87. The van der Waals surface area contributed by atoms with Gasteiger partial charge in [-0.25, -0.2) is 4.79 Å². The van der Waals surface area contributed by atoms with E-state index in [1.165, 1.54) is 0 Å². The molecule has 0 spiro atoms. The molecule has 1 rings (SSSR count). The maximum atomic E-state index is 13.2. The third kappa shape index (κ3) is 14.2. The normalized spacial score (nSPS) is 13.6. The average molecular weight is 607 g/mol. The SMILES string of the molecule is CC(=O)[C@H](CC(=O)O)CC(=O)[C@@H](NC(=O)[C@H](CCC(=O)O)CC(=O)[C@H](CC(=O)O)NC(=O)OCc1ccccc1)C(C)C. The molecule has 0 fully saturated rings. The van der Waals surface area contributed by atoms with Crippen LogP contribution in [-0.4, -0.2) is 74.7 Å². The topological polar surface area (TPSA) is 231 Å². The number of Topliss-reactive ketones (excluding diaryl/α,β-unsaturated/α-hetero) is 3. The van der Waals surface area contributed by atoms with Crippen molar-refractivity contribution in [1.29, 1.82) is 0 Å². The van der Waals surface area contributed by atoms with E-state index in [4.69, 9.17) is 14.9 Å². The molecule has 0 saturated carbocycles. The quantitative estimate of drug-likeness (QED) is 0.143. The molecule has 236 valence electrons. The van der Waals surface area contributed by atoms with Crippen molar-refractivity contribution in [2.24, 2.45) is 17.8 Å². The summed E-state index contributed by atoms with van der Waals surface area (Å²) in [4.78, 5) is 97.3. The summed E-state index contributed by atoms with van der Waals surface area (Å²) in [5.74, 6) is -9.84. The first-order valence-corrected chi connectivity index (χ1v) is 13.6. The number of carbonyl (C=O) groups is 8. The third-order valence-corrected chi connectivity index (χ3v) is 6.55. The highest BCUT2D eigenvalue weighted by molar-refractivity contribution is 5.96. The molecular weight excluding hydrogens is 568 g/mol. The number of hydrogen-bond acceptors (Lipinski definition) is 9. The molecule has 43 heavy (non-hydrogen) atoms. The monoisotopic (exact) mass is 606 g/mol. The third-order valence-electron chi connectivity index (χ3n) is 6.55. The van der Waals surface area contributed by atoms with Crippen LogP contribution in [0.4, 0.5) is 4.79 Å². The van der Waals surface area contributed by atoms with Gasteiger partial charge in [-0.15, -0.1) is 0 Å². The molecule has 1 aromatic rings. The fourth-order valence-corrected chi connectivity index (χ4v) is 4.17. The molecule has 0 unspecified atom stereocenters. The number of carboxylic acids is 3. The Morgan fingerprint density at radius 3 is 1.84 bits per heavy atom. The van der Waals surface area contributed by atoms with Crippen LogP contribution in [0.5, 0.6) is 0 Å². The second kappa shape index (κ2) is 18.0. The van der Waals surface area contributed by atoms with Crippen molar-refractivity contribution < 1.29 is 58.4 Å². The summed E-state index contributed by atoms with van der Waals surface area (Å²) in [7, 11) is 0. The Balaban J connectivity index is 3.06. The van der Waals surface area contributed by atoms with Crippen molar-refractivity contribution in [1.82, 2.24) is 10.6 Å². The number of nitrogens with one attached hydrogen (secondary N) is 2. The molecule has 0 aliphatic carbocycles. The second-order valence-corrected chi connectivity index (χ2v) is 10.5. The fourth-order valence-electron chi connectivity index (χ4n) is 4.17. The number of rotatable bonds is 20. The summed E-state index contributed by atoms with van der Waals surface area (Å²) >= 11 is 0. The predicted molar refractivity (Wildman–Crippen MR) is 149 cm³/mol. The first kappa shape index (κ1) is 36.4. The van der Waals surface area contributed by atoms with E-state index in [0.29, 0.717) is 5.56 Å². The molecule has 4 atom stereocenters. The number of hydrogen-bond donors (Lipinski definition) is 5. The number of benzene rings is 1. The number of aliphatic carboxylic acids is 3. The molecule has 0 aliphatic heterocycles. The first-order valence-electron chi connectivity index (χ1n) is 13.6. The summed E-state index contributed by atoms with van der Waals surface area (Å²) in [6, 6.07) is 5.75. The van der Waals surface area contributed by atoms with Gasteiger partial charge in [-0.3, -0.25) is 33.6 Å². The van der Waals surface area contributed by atoms with E-state index >= 15 is 0 Å². The number of ether oxygens (including phenoxy) is 1. The number of alkyl carbamates (subject to hydrolysis) is 1. The number of carbonyl (C=O) groups excluding carboxylic acids is 5. The van der Waals surface area contributed by atoms with Gasteiger partial charge in [0.2, 0.25) is 5.91 Å². The van der Waals surface area contributed by atoms with Crippen LogP contribution in [0.3, 0.4) is 0 Å².